The lowest BCUT2D eigenvalue weighted by molar-refractivity contribution is -0.137. The number of carbonyl (C=O) groups excluding carboxylic acids is 2. The highest BCUT2D eigenvalue weighted by Gasteiger charge is 2.45. The molecule has 1 fully saturated rings. The Labute approximate surface area is 142 Å². The molecule has 1 aromatic carbocycles. The zero-order valence-electron chi connectivity index (χ0n) is 14.4. The molecule has 24 heavy (non-hydrogen) atoms. The van der Waals surface area contributed by atoms with E-state index >= 15 is 0 Å². The maximum Gasteiger partial charge on any atom is 0.417 e. The quantitative estimate of drug-likeness (QED) is 0.812. The first-order chi connectivity index (χ1) is 11.4. The van der Waals surface area contributed by atoms with Gasteiger partial charge in [0.1, 0.15) is 6.10 Å². The van der Waals surface area contributed by atoms with Crippen LogP contribution in [-0.4, -0.2) is 34.2 Å². The monoisotopic (exact) mass is 331 g/mol. The molecule has 2 amide bonds. The van der Waals surface area contributed by atoms with Gasteiger partial charge in [-0.15, -0.1) is 6.58 Å². The minimum absolute atomic E-state index is 0.111. The van der Waals surface area contributed by atoms with E-state index in [4.69, 9.17) is 4.74 Å². The summed E-state index contributed by atoms with van der Waals surface area (Å²) in [6, 6.07) is 8.93. The van der Waals surface area contributed by atoms with Crippen molar-refractivity contribution in [2.75, 3.05) is 0 Å². The Morgan fingerprint density at radius 1 is 1.38 bits per heavy atom. The number of nitrogens with zero attached hydrogens (tertiary/aromatic N) is 1. The molecule has 0 saturated carbocycles. The summed E-state index contributed by atoms with van der Waals surface area (Å²) in [7, 11) is 0. The lowest BCUT2D eigenvalue weighted by Gasteiger charge is -2.27. The Hall–Kier alpha value is -2.14. The highest BCUT2D eigenvalue weighted by atomic mass is 16.6. The summed E-state index contributed by atoms with van der Waals surface area (Å²) >= 11 is 0. The van der Waals surface area contributed by atoms with Crippen LogP contribution in [0.1, 0.15) is 38.9 Å². The minimum Gasteiger partial charge on any atom is -0.439 e. The molecular formula is C19H25NO4. The predicted octanol–water partition coefficient (Wildman–Crippen LogP) is 3.30. The summed E-state index contributed by atoms with van der Waals surface area (Å²) in [5.41, 5.74) is 0.849. The van der Waals surface area contributed by atoms with Gasteiger partial charge in [0.05, 0.1) is 18.1 Å². The van der Waals surface area contributed by atoms with Crippen LogP contribution < -0.4 is 0 Å². The number of imide groups is 1. The van der Waals surface area contributed by atoms with E-state index in [0.29, 0.717) is 6.42 Å². The number of benzene rings is 1. The predicted molar refractivity (Wildman–Crippen MR) is 91.1 cm³/mol. The maximum absolute atomic E-state index is 12.7. The first-order valence-electron chi connectivity index (χ1n) is 8.26. The molecule has 5 nitrogen and oxygen atoms in total. The van der Waals surface area contributed by atoms with Gasteiger partial charge in [0, 0.05) is 0 Å². The van der Waals surface area contributed by atoms with Gasteiger partial charge < -0.3 is 9.84 Å². The lowest BCUT2D eigenvalue weighted by Crippen LogP contribution is -2.45. The Morgan fingerprint density at radius 3 is 2.58 bits per heavy atom. The number of aliphatic hydroxyl groups excluding tert-OH is 1. The van der Waals surface area contributed by atoms with Crippen LogP contribution in [0.25, 0.3) is 0 Å². The number of hydrogen-bond donors (Lipinski definition) is 1. The van der Waals surface area contributed by atoms with Crippen LogP contribution in [0.5, 0.6) is 0 Å². The summed E-state index contributed by atoms with van der Waals surface area (Å²) in [5.74, 6) is -1.21. The van der Waals surface area contributed by atoms with Crippen molar-refractivity contribution in [3.05, 3.63) is 48.6 Å². The highest BCUT2D eigenvalue weighted by molar-refractivity contribution is 5.95. The summed E-state index contributed by atoms with van der Waals surface area (Å²) in [6.07, 6.45) is 0.329. The molecule has 0 unspecified atom stereocenters. The number of hydrogen-bond acceptors (Lipinski definition) is 4. The smallest absolute Gasteiger partial charge is 0.417 e. The van der Waals surface area contributed by atoms with Gasteiger partial charge in [-0.05, 0) is 24.8 Å². The Morgan fingerprint density at radius 2 is 2.00 bits per heavy atom. The van der Waals surface area contributed by atoms with E-state index in [1.807, 2.05) is 37.3 Å². The molecular weight excluding hydrogens is 306 g/mol. The Kier molecular flexibility index (Phi) is 5.78. The molecule has 1 heterocycles. The van der Waals surface area contributed by atoms with Gasteiger partial charge in [-0.1, -0.05) is 50.3 Å². The van der Waals surface area contributed by atoms with Crippen LogP contribution in [0, 0.1) is 11.8 Å². The standard InChI is InChI=1S/C19H25NO4/c1-5-9-12(2)16(21)13(3)18(22)20-14(4)17(24-19(20)23)15-10-7-6-8-11-15/h5-8,10-14,16-17,21H,1,9H2,2-4H3/t12-,13+,14+,16-,17+/m0/s1. The summed E-state index contributed by atoms with van der Waals surface area (Å²) in [5, 5.41) is 10.4. The van der Waals surface area contributed by atoms with Gasteiger partial charge in [0.25, 0.3) is 0 Å². The molecule has 2 rings (SSSR count). The second-order valence-electron chi connectivity index (χ2n) is 6.44. The van der Waals surface area contributed by atoms with Crippen molar-refractivity contribution in [2.24, 2.45) is 11.8 Å². The third-order valence-corrected chi connectivity index (χ3v) is 4.66. The highest BCUT2D eigenvalue weighted by Crippen LogP contribution is 2.34. The van der Waals surface area contributed by atoms with E-state index in [1.165, 1.54) is 0 Å². The molecule has 0 radical (unpaired) electrons. The molecule has 1 saturated heterocycles. The van der Waals surface area contributed by atoms with Crippen molar-refractivity contribution in [1.82, 2.24) is 4.90 Å². The SMILES string of the molecule is C=CC[C@H](C)[C@H](O)[C@@H](C)C(=O)N1C(=O)O[C@@H](c2ccccc2)[C@H]1C. The number of cyclic esters (lactones) is 1. The fourth-order valence-corrected chi connectivity index (χ4v) is 3.11. The number of ether oxygens (including phenoxy) is 1. The summed E-state index contributed by atoms with van der Waals surface area (Å²) < 4.78 is 5.40. The van der Waals surface area contributed by atoms with E-state index in [2.05, 4.69) is 6.58 Å². The average Bonchev–Trinajstić information content (AvgIpc) is 2.88. The molecule has 5 atom stereocenters. The zero-order chi connectivity index (χ0) is 17.9. The van der Waals surface area contributed by atoms with Crippen molar-refractivity contribution in [3.63, 3.8) is 0 Å². The van der Waals surface area contributed by atoms with Crippen LogP contribution >= 0.6 is 0 Å². The normalized spacial score (nSPS) is 24.2. The molecule has 0 aromatic heterocycles. The third kappa shape index (κ3) is 3.51. The van der Waals surface area contributed by atoms with E-state index in [0.717, 1.165) is 10.5 Å². The van der Waals surface area contributed by atoms with Crippen molar-refractivity contribution in [3.8, 4) is 0 Å². The molecule has 1 aromatic rings. The van der Waals surface area contributed by atoms with Crippen LogP contribution in [0.3, 0.4) is 0 Å². The third-order valence-electron chi connectivity index (χ3n) is 4.66. The molecule has 0 aliphatic carbocycles. The van der Waals surface area contributed by atoms with Crippen molar-refractivity contribution >= 4 is 12.0 Å². The van der Waals surface area contributed by atoms with Gasteiger partial charge in [-0.25, -0.2) is 9.69 Å². The van der Waals surface area contributed by atoms with E-state index in [-0.39, 0.29) is 5.92 Å². The molecule has 1 aliphatic heterocycles. The van der Waals surface area contributed by atoms with Crippen molar-refractivity contribution in [1.29, 1.82) is 0 Å². The van der Waals surface area contributed by atoms with Crippen LogP contribution in [0.15, 0.2) is 43.0 Å². The largest absolute Gasteiger partial charge is 0.439 e. The lowest BCUT2D eigenvalue weighted by atomic mass is 9.89. The Bertz CT molecular complexity index is 601. The second-order valence-corrected chi connectivity index (χ2v) is 6.44. The topological polar surface area (TPSA) is 66.8 Å². The number of amides is 2. The van der Waals surface area contributed by atoms with Crippen LogP contribution in [0.2, 0.25) is 0 Å². The summed E-state index contributed by atoms with van der Waals surface area (Å²) in [6.45, 7) is 8.93. The summed E-state index contributed by atoms with van der Waals surface area (Å²) in [4.78, 5) is 26.1. The number of allylic oxidation sites excluding steroid dienone is 1. The molecule has 0 bridgehead atoms. The van der Waals surface area contributed by atoms with E-state index in [1.54, 1.807) is 19.9 Å². The van der Waals surface area contributed by atoms with Gasteiger partial charge in [-0.3, -0.25) is 4.79 Å². The molecule has 5 heteroatoms. The molecule has 1 aliphatic rings. The maximum atomic E-state index is 12.7. The number of aliphatic hydroxyl groups is 1. The molecule has 0 spiro atoms. The van der Waals surface area contributed by atoms with Gasteiger partial charge in [0.15, 0.2) is 0 Å². The Balaban J connectivity index is 2.14. The second kappa shape index (κ2) is 7.62. The van der Waals surface area contributed by atoms with E-state index < -0.39 is 36.2 Å². The fourth-order valence-electron chi connectivity index (χ4n) is 3.11. The first-order valence-corrected chi connectivity index (χ1v) is 8.26. The number of carbonyl (C=O) groups is 2. The van der Waals surface area contributed by atoms with Gasteiger partial charge in [0.2, 0.25) is 5.91 Å². The fraction of sp³-hybridized carbons (Fsp3) is 0.474. The van der Waals surface area contributed by atoms with Crippen molar-refractivity contribution in [2.45, 2.75) is 45.4 Å². The van der Waals surface area contributed by atoms with Gasteiger partial charge >= 0.3 is 6.09 Å². The van der Waals surface area contributed by atoms with Crippen LogP contribution in [0.4, 0.5) is 4.79 Å². The van der Waals surface area contributed by atoms with E-state index in [9.17, 15) is 14.7 Å². The van der Waals surface area contributed by atoms with Crippen molar-refractivity contribution < 1.29 is 19.4 Å². The first kappa shape index (κ1) is 18.2. The molecule has 1 N–H and O–H groups in total. The average molecular weight is 331 g/mol. The van der Waals surface area contributed by atoms with Gasteiger partial charge in [-0.2, -0.15) is 0 Å². The minimum atomic E-state index is -0.841. The molecule has 130 valence electrons. The number of rotatable bonds is 6. The van der Waals surface area contributed by atoms with Crippen LogP contribution in [-0.2, 0) is 9.53 Å². The zero-order valence-corrected chi connectivity index (χ0v) is 14.4.